The first kappa shape index (κ1) is 18.8. The lowest BCUT2D eigenvalue weighted by atomic mass is 10.0. The summed E-state index contributed by atoms with van der Waals surface area (Å²) in [5, 5.41) is 9.41. The van der Waals surface area contributed by atoms with Crippen molar-refractivity contribution >= 4 is 11.0 Å². The van der Waals surface area contributed by atoms with Gasteiger partial charge in [0.05, 0.1) is 22.4 Å². The van der Waals surface area contributed by atoms with Gasteiger partial charge in [0.2, 0.25) is 0 Å². The zero-order chi connectivity index (χ0) is 21.2. The molecule has 0 aliphatic rings. The SMILES string of the molecule is Oc1ccc(Oc2ccc(-c3nc4ccc(F)cc4nc3-c3ccccc3)cc2)cc1. The number of phenols is 1. The summed E-state index contributed by atoms with van der Waals surface area (Å²) in [4.78, 5) is 9.51. The second-order valence-electron chi connectivity index (χ2n) is 7.04. The first-order chi connectivity index (χ1) is 15.2. The molecule has 150 valence electrons. The van der Waals surface area contributed by atoms with Gasteiger partial charge in [0.25, 0.3) is 0 Å². The molecular formula is C26H17FN2O2. The summed E-state index contributed by atoms with van der Waals surface area (Å²) in [6, 6.07) is 28.2. The molecular weight excluding hydrogens is 391 g/mol. The normalized spacial score (nSPS) is 10.9. The van der Waals surface area contributed by atoms with Crippen LogP contribution in [0.4, 0.5) is 4.39 Å². The van der Waals surface area contributed by atoms with E-state index in [2.05, 4.69) is 0 Å². The van der Waals surface area contributed by atoms with Gasteiger partial charge in [-0.3, -0.25) is 0 Å². The minimum Gasteiger partial charge on any atom is -0.508 e. The third-order valence-electron chi connectivity index (χ3n) is 4.87. The van der Waals surface area contributed by atoms with Crippen molar-refractivity contribution in [3.63, 3.8) is 0 Å². The molecule has 1 heterocycles. The molecule has 4 nitrogen and oxygen atoms in total. The molecule has 1 N–H and O–H groups in total. The summed E-state index contributed by atoms with van der Waals surface area (Å²) >= 11 is 0. The Balaban J connectivity index is 1.57. The Kier molecular flexibility index (Phi) is 4.77. The van der Waals surface area contributed by atoms with Crippen molar-refractivity contribution in [1.29, 1.82) is 0 Å². The number of fused-ring (bicyclic) bond motifs is 1. The summed E-state index contributed by atoms with van der Waals surface area (Å²) in [6.07, 6.45) is 0. The molecule has 0 amide bonds. The monoisotopic (exact) mass is 408 g/mol. The van der Waals surface area contributed by atoms with Gasteiger partial charge in [-0.25, -0.2) is 14.4 Å². The van der Waals surface area contributed by atoms with E-state index in [9.17, 15) is 9.50 Å². The highest BCUT2D eigenvalue weighted by molar-refractivity contribution is 5.86. The van der Waals surface area contributed by atoms with E-state index >= 15 is 0 Å². The van der Waals surface area contributed by atoms with Crippen molar-refractivity contribution in [3.05, 3.63) is 103 Å². The Morgan fingerprint density at radius 1 is 0.613 bits per heavy atom. The Hall–Kier alpha value is -4.25. The quantitative estimate of drug-likeness (QED) is 0.364. The third-order valence-corrected chi connectivity index (χ3v) is 4.87. The molecule has 5 heteroatoms. The number of hydrogen-bond acceptors (Lipinski definition) is 4. The van der Waals surface area contributed by atoms with Gasteiger partial charge in [-0.05, 0) is 60.7 Å². The van der Waals surface area contributed by atoms with E-state index < -0.39 is 0 Å². The van der Waals surface area contributed by atoms with Crippen molar-refractivity contribution in [2.45, 2.75) is 0 Å². The van der Waals surface area contributed by atoms with Crippen LogP contribution in [0.3, 0.4) is 0 Å². The number of aromatic hydroxyl groups is 1. The molecule has 0 unspecified atom stereocenters. The molecule has 0 aliphatic heterocycles. The molecule has 0 saturated carbocycles. The van der Waals surface area contributed by atoms with Crippen molar-refractivity contribution < 1.29 is 14.2 Å². The van der Waals surface area contributed by atoms with Crippen LogP contribution < -0.4 is 4.74 Å². The number of halogens is 1. The predicted octanol–water partition coefficient (Wildman–Crippen LogP) is 6.60. The van der Waals surface area contributed by atoms with Crippen molar-refractivity contribution in [1.82, 2.24) is 9.97 Å². The van der Waals surface area contributed by atoms with Crippen LogP contribution in [0, 0.1) is 5.82 Å². The molecule has 5 aromatic rings. The van der Waals surface area contributed by atoms with E-state index in [4.69, 9.17) is 14.7 Å². The van der Waals surface area contributed by atoms with Gasteiger partial charge in [-0.15, -0.1) is 0 Å². The number of phenolic OH excluding ortho intramolecular Hbond substituents is 1. The van der Waals surface area contributed by atoms with Crippen LogP contribution in [0.25, 0.3) is 33.5 Å². The second kappa shape index (κ2) is 7.88. The summed E-state index contributed by atoms with van der Waals surface area (Å²) < 4.78 is 19.6. The fourth-order valence-electron chi connectivity index (χ4n) is 3.36. The Labute approximate surface area is 178 Å². The molecule has 0 aliphatic carbocycles. The van der Waals surface area contributed by atoms with Gasteiger partial charge >= 0.3 is 0 Å². The highest BCUT2D eigenvalue weighted by atomic mass is 19.1. The standard InChI is InChI=1S/C26H17FN2O2/c27-19-8-15-23-24(16-19)29-25(17-4-2-1-3-5-17)26(28-23)18-6-11-21(12-7-18)31-22-13-9-20(30)10-14-22/h1-16,30H. The second-order valence-corrected chi connectivity index (χ2v) is 7.04. The van der Waals surface area contributed by atoms with Gasteiger partial charge in [-0.1, -0.05) is 30.3 Å². The number of aromatic nitrogens is 2. The smallest absolute Gasteiger partial charge is 0.127 e. The zero-order valence-electron chi connectivity index (χ0n) is 16.4. The molecule has 0 spiro atoms. The summed E-state index contributed by atoms with van der Waals surface area (Å²) in [5.74, 6) is 1.13. The largest absolute Gasteiger partial charge is 0.508 e. The first-order valence-corrected chi connectivity index (χ1v) is 9.76. The number of benzene rings is 4. The minimum absolute atomic E-state index is 0.186. The van der Waals surface area contributed by atoms with E-state index in [1.807, 2.05) is 54.6 Å². The molecule has 31 heavy (non-hydrogen) atoms. The lowest BCUT2D eigenvalue weighted by molar-refractivity contribution is 0.464. The van der Waals surface area contributed by atoms with E-state index in [0.29, 0.717) is 33.9 Å². The van der Waals surface area contributed by atoms with Crippen molar-refractivity contribution in [2.75, 3.05) is 0 Å². The van der Waals surface area contributed by atoms with E-state index in [1.54, 1.807) is 30.3 Å². The zero-order valence-corrected chi connectivity index (χ0v) is 16.4. The molecule has 1 aromatic heterocycles. The minimum atomic E-state index is -0.343. The van der Waals surface area contributed by atoms with Gasteiger partial charge in [0, 0.05) is 17.2 Å². The molecule has 0 radical (unpaired) electrons. The first-order valence-electron chi connectivity index (χ1n) is 9.76. The molecule has 0 fully saturated rings. The van der Waals surface area contributed by atoms with Gasteiger partial charge < -0.3 is 9.84 Å². The van der Waals surface area contributed by atoms with Gasteiger partial charge in [-0.2, -0.15) is 0 Å². The van der Waals surface area contributed by atoms with E-state index in [0.717, 1.165) is 11.1 Å². The van der Waals surface area contributed by atoms with Crippen molar-refractivity contribution in [2.24, 2.45) is 0 Å². The van der Waals surface area contributed by atoms with Crippen LogP contribution in [0.15, 0.2) is 97.1 Å². The fraction of sp³-hybridized carbons (Fsp3) is 0. The van der Waals surface area contributed by atoms with Crippen molar-refractivity contribution in [3.8, 4) is 39.8 Å². The fourth-order valence-corrected chi connectivity index (χ4v) is 3.36. The Morgan fingerprint density at radius 2 is 1.19 bits per heavy atom. The van der Waals surface area contributed by atoms with Crippen LogP contribution in [-0.4, -0.2) is 15.1 Å². The molecule has 0 atom stereocenters. The van der Waals surface area contributed by atoms with E-state index in [1.165, 1.54) is 12.1 Å². The predicted molar refractivity (Wildman–Crippen MR) is 119 cm³/mol. The number of rotatable bonds is 4. The highest BCUT2D eigenvalue weighted by Gasteiger charge is 2.14. The molecule has 5 rings (SSSR count). The van der Waals surface area contributed by atoms with Crippen LogP contribution in [0.5, 0.6) is 17.2 Å². The third kappa shape index (κ3) is 3.94. The average molecular weight is 408 g/mol. The number of hydrogen-bond donors (Lipinski definition) is 1. The maximum atomic E-state index is 13.7. The lowest BCUT2D eigenvalue weighted by Crippen LogP contribution is -1.96. The Morgan fingerprint density at radius 3 is 1.87 bits per heavy atom. The Bertz CT molecular complexity index is 1350. The average Bonchev–Trinajstić information content (AvgIpc) is 2.81. The maximum Gasteiger partial charge on any atom is 0.127 e. The number of nitrogens with zero attached hydrogens (tertiary/aromatic N) is 2. The van der Waals surface area contributed by atoms with Crippen LogP contribution in [0.2, 0.25) is 0 Å². The lowest BCUT2D eigenvalue weighted by Gasteiger charge is -2.12. The molecule has 0 saturated heterocycles. The molecule has 0 bridgehead atoms. The highest BCUT2D eigenvalue weighted by Crippen LogP contribution is 2.33. The summed E-state index contributed by atoms with van der Waals surface area (Å²) in [7, 11) is 0. The van der Waals surface area contributed by atoms with E-state index in [-0.39, 0.29) is 11.6 Å². The topological polar surface area (TPSA) is 55.2 Å². The summed E-state index contributed by atoms with van der Waals surface area (Å²) in [5.41, 5.74) is 4.30. The van der Waals surface area contributed by atoms with Gasteiger partial charge in [0.1, 0.15) is 23.1 Å². The van der Waals surface area contributed by atoms with Crippen LogP contribution in [0.1, 0.15) is 0 Å². The van der Waals surface area contributed by atoms with Crippen LogP contribution >= 0.6 is 0 Å². The maximum absolute atomic E-state index is 13.7. The van der Waals surface area contributed by atoms with Gasteiger partial charge in [0.15, 0.2) is 0 Å². The summed E-state index contributed by atoms with van der Waals surface area (Å²) in [6.45, 7) is 0. The number of ether oxygens (including phenoxy) is 1. The van der Waals surface area contributed by atoms with Crippen LogP contribution in [-0.2, 0) is 0 Å². The molecule has 4 aromatic carbocycles.